The zero-order valence-corrected chi connectivity index (χ0v) is 18.4. The van der Waals surface area contributed by atoms with Crippen molar-refractivity contribution in [1.82, 2.24) is 10.6 Å². The molecule has 2 aromatic carbocycles. The summed E-state index contributed by atoms with van der Waals surface area (Å²) in [4.78, 5) is 47.0. The van der Waals surface area contributed by atoms with Gasteiger partial charge in [-0.1, -0.05) is 48.5 Å². The maximum atomic E-state index is 12.3. The highest BCUT2D eigenvalue weighted by atomic mass is 16.5. The first-order valence-electron chi connectivity index (χ1n) is 10.5. The van der Waals surface area contributed by atoms with Gasteiger partial charge in [-0.2, -0.15) is 0 Å². The number of carboxylic acid groups (broad SMARTS) is 1. The van der Waals surface area contributed by atoms with Gasteiger partial charge in [0, 0.05) is 18.4 Å². The molecule has 0 saturated heterocycles. The molecule has 0 heterocycles. The van der Waals surface area contributed by atoms with E-state index in [1.165, 1.54) is 0 Å². The van der Waals surface area contributed by atoms with E-state index in [4.69, 9.17) is 9.84 Å². The van der Waals surface area contributed by atoms with Crippen LogP contribution in [0.1, 0.15) is 36.8 Å². The normalized spacial score (nSPS) is 13.8. The van der Waals surface area contributed by atoms with Crippen LogP contribution < -0.4 is 10.6 Å². The van der Waals surface area contributed by atoms with Crippen molar-refractivity contribution in [3.05, 3.63) is 59.7 Å². The van der Waals surface area contributed by atoms with Crippen LogP contribution in [0.3, 0.4) is 0 Å². The maximum absolute atomic E-state index is 12.3. The van der Waals surface area contributed by atoms with E-state index in [1.807, 2.05) is 48.5 Å². The molecular formula is C24H26N2O7. The van der Waals surface area contributed by atoms with Crippen molar-refractivity contribution in [3.8, 4) is 11.1 Å². The zero-order valence-electron chi connectivity index (χ0n) is 18.4. The Bertz CT molecular complexity index is 1010. The van der Waals surface area contributed by atoms with Crippen LogP contribution in [0.25, 0.3) is 11.1 Å². The van der Waals surface area contributed by atoms with Gasteiger partial charge < -0.3 is 25.2 Å². The Balaban J connectivity index is 1.51. The number of nitrogens with one attached hydrogen (secondary N) is 2. The summed E-state index contributed by atoms with van der Waals surface area (Å²) in [6.45, 7) is 1.73. The van der Waals surface area contributed by atoms with Crippen molar-refractivity contribution in [2.45, 2.75) is 37.8 Å². The van der Waals surface area contributed by atoms with E-state index in [0.717, 1.165) is 29.4 Å². The lowest BCUT2D eigenvalue weighted by molar-refractivity contribution is -0.148. The average molecular weight is 454 g/mol. The summed E-state index contributed by atoms with van der Waals surface area (Å²) in [5.41, 5.74) is 4.41. The van der Waals surface area contributed by atoms with Gasteiger partial charge in [-0.15, -0.1) is 0 Å². The molecule has 0 spiro atoms. The molecule has 0 bridgehead atoms. The second-order valence-electron chi connectivity index (χ2n) is 7.81. The Morgan fingerprint density at radius 3 is 2.06 bits per heavy atom. The highest BCUT2D eigenvalue weighted by molar-refractivity contribution is 5.87. The van der Waals surface area contributed by atoms with Crippen molar-refractivity contribution in [3.63, 3.8) is 0 Å². The van der Waals surface area contributed by atoms with E-state index >= 15 is 0 Å². The number of benzene rings is 2. The van der Waals surface area contributed by atoms with Crippen LogP contribution in [0.2, 0.25) is 0 Å². The lowest BCUT2D eigenvalue weighted by atomic mass is 9.98. The third-order valence-corrected chi connectivity index (χ3v) is 5.43. The largest absolute Gasteiger partial charge is 0.480 e. The smallest absolute Gasteiger partial charge is 0.407 e. The van der Waals surface area contributed by atoms with E-state index < -0.39 is 42.4 Å². The molecule has 33 heavy (non-hydrogen) atoms. The Kier molecular flexibility index (Phi) is 7.66. The van der Waals surface area contributed by atoms with Gasteiger partial charge in [-0.25, -0.2) is 9.59 Å². The van der Waals surface area contributed by atoms with Gasteiger partial charge in [0.1, 0.15) is 12.6 Å². The number of carbonyl (C=O) groups is 4. The number of ether oxygens (including phenoxy) is 2. The summed E-state index contributed by atoms with van der Waals surface area (Å²) >= 11 is 0. The molecule has 2 amide bonds. The molecule has 2 atom stereocenters. The zero-order chi connectivity index (χ0) is 24.0. The van der Waals surface area contributed by atoms with Gasteiger partial charge in [0.2, 0.25) is 5.91 Å². The molecule has 0 unspecified atom stereocenters. The number of amides is 2. The van der Waals surface area contributed by atoms with Gasteiger partial charge in [0.05, 0.1) is 13.5 Å². The van der Waals surface area contributed by atoms with E-state index in [2.05, 4.69) is 15.4 Å². The van der Waals surface area contributed by atoms with Gasteiger partial charge in [-0.05, 0) is 29.2 Å². The minimum atomic E-state index is -1.41. The van der Waals surface area contributed by atoms with Crippen molar-refractivity contribution < 1.29 is 33.8 Å². The molecule has 0 aliphatic heterocycles. The number of esters is 1. The molecule has 174 valence electrons. The molecular weight excluding hydrogens is 428 g/mol. The quantitative estimate of drug-likeness (QED) is 0.496. The minimum absolute atomic E-state index is 0.0867. The lowest BCUT2D eigenvalue weighted by Gasteiger charge is -2.18. The minimum Gasteiger partial charge on any atom is -0.480 e. The Labute approximate surface area is 191 Å². The maximum Gasteiger partial charge on any atom is 0.407 e. The molecule has 0 fully saturated rings. The van der Waals surface area contributed by atoms with Gasteiger partial charge in [-0.3, -0.25) is 9.59 Å². The first-order chi connectivity index (χ1) is 15.8. The predicted octanol–water partition coefficient (Wildman–Crippen LogP) is 2.44. The number of hydrogen-bond acceptors (Lipinski definition) is 6. The summed E-state index contributed by atoms with van der Waals surface area (Å²) in [6, 6.07) is 13.9. The lowest BCUT2D eigenvalue weighted by Crippen LogP contribution is -2.45. The molecule has 3 rings (SSSR count). The van der Waals surface area contributed by atoms with Gasteiger partial charge >= 0.3 is 18.0 Å². The predicted molar refractivity (Wildman–Crippen MR) is 118 cm³/mol. The first-order valence-corrected chi connectivity index (χ1v) is 10.5. The molecule has 0 radical (unpaired) electrons. The van der Waals surface area contributed by atoms with E-state index in [0.29, 0.717) is 0 Å². The fourth-order valence-electron chi connectivity index (χ4n) is 3.87. The van der Waals surface area contributed by atoms with Crippen molar-refractivity contribution in [2.75, 3.05) is 13.7 Å². The summed E-state index contributed by atoms with van der Waals surface area (Å²) in [7, 11) is 1.13. The molecule has 9 nitrogen and oxygen atoms in total. The number of carboxylic acids is 1. The fourth-order valence-corrected chi connectivity index (χ4v) is 3.87. The van der Waals surface area contributed by atoms with Crippen LogP contribution in [0.4, 0.5) is 4.79 Å². The number of methoxy groups -OCH3 is 1. The number of rotatable bonds is 9. The van der Waals surface area contributed by atoms with Gasteiger partial charge in [0.15, 0.2) is 0 Å². The number of hydrogen-bond donors (Lipinski definition) is 3. The van der Waals surface area contributed by atoms with Crippen LogP contribution >= 0.6 is 0 Å². The summed E-state index contributed by atoms with van der Waals surface area (Å²) in [5.74, 6) is -2.83. The molecule has 0 aromatic heterocycles. The molecule has 0 saturated carbocycles. The van der Waals surface area contributed by atoms with E-state index in [9.17, 15) is 19.2 Å². The van der Waals surface area contributed by atoms with Crippen molar-refractivity contribution in [2.24, 2.45) is 0 Å². The molecule has 2 aromatic rings. The SMILES string of the molecule is COC(=O)C[C@H](NC(=O)C[C@@H](C)NC(=O)OCC1c2ccccc2-c2ccccc21)C(=O)O. The highest BCUT2D eigenvalue weighted by Gasteiger charge is 2.29. The van der Waals surface area contributed by atoms with Crippen LogP contribution in [0.15, 0.2) is 48.5 Å². The third kappa shape index (κ3) is 5.88. The van der Waals surface area contributed by atoms with E-state index in [1.54, 1.807) is 6.92 Å². The fraction of sp³-hybridized carbons (Fsp3) is 0.333. The second kappa shape index (κ2) is 10.6. The van der Waals surface area contributed by atoms with Crippen LogP contribution in [-0.4, -0.2) is 54.8 Å². The molecule has 1 aliphatic rings. The number of fused-ring (bicyclic) bond motifs is 3. The van der Waals surface area contributed by atoms with Crippen molar-refractivity contribution >= 4 is 23.9 Å². The first kappa shape index (κ1) is 23.8. The van der Waals surface area contributed by atoms with Crippen LogP contribution in [0, 0.1) is 0 Å². The Hall–Kier alpha value is -3.88. The van der Waals surface area contributed by atoms with Gasteiger partial charge in [0.25, 0.3) is 0 Å². The van der Waals surface area contributed by atoms with Crippen LogP contribution in [0.5, 0.6) is 0 Å². The standard InChI is InChI=1S/C24H26N2O7/c1-14(11-21(27)26-20(23(29)30)12-22(28)32-2)25-24(31)33-13-19-17-9-5-3-7-15(17)16-8-4-6-10-18(16)19/h3-10,14,19-20H,11-13H2,1-2H3,(H,25,31)(H,26,27)(H,29,30)/t14-,20+/m1/s1. The van der Waals surface area contributed by atoms with Crippen LogP contribution in [-0.2, 0) is 23.9 Å². The monoisotopic (exact) mass is 454 g/mol. The highest BCUT2D eigenvalue weighted by Crippen LogP contribution is 2.44. The third-order valence-electron chi connectivity index (χ3n) is 5.43. The number of carbonyl (C=O) groups excluding carboxylic acids is 3. The Morgan fingerprint density at radius 1 is 0.939 bits per heavy atom. The summed E-state index contributed by atoms with van der Waals surface area (Å²) in [6.07, 6.45) is -1.36. The molecule has 3 N–H and O–H groups in total. The second-order valence-corrected chi connectivity index (χ2v) is 7.81. The molecule has 9 heteroatoms. The summed E-state index contributed by atoms with van der Waals surface area (Å²) < 4.78 is 9.87. The van der Waals surface area contributed by atoms with E-state index in [-0.39, 0.29) is 18.9 Å². The summed E-state index contributed by atoms with van der Waals surface area (Å²) in [5, 5.41) is 14.0. The average Bonchev–Trinajstić information content (AvgIpc) is 3.10. The number of aliphatic carboxylic acids is 1. The topological polar surface area (TPSA) is 131 Å². The number of alkyl carbamates (subject to hydrolysis) is 1. The van der Waals surface area contributed by atoms with Crippen molar-refractivity contribution in [1.29, 1.82) is 0 Å². The molecule has 1 aliphatic carbocycles. The Morgan fingerprint density at radius 2 is 1.52 bits per heavy atom.